The van der Waals surface area contributed by atoms with E-state index in [-0.39, 0.29) is 17.4 Å². The van der Waals surface area contributed by atoms with Crippen molar-refractivity contribution in [2.75, 3.05) is 11.1 Å². The number of anilines is 2. The molecule has 0 spiro atoms. The van der Waals surface area contributed by atoms with Crippen molar-refractivity contribution in [1.82, 2.24) is 0 Å². The summed E-state index contributed by atoms with van der Waals surface area (Å²) in [5.74, 6) is -1.42. The standard InChI is InChI=1S/C10H12F2N2/c1-3-6(2)14-9-5-7(11)4-8(12)10(9)13/h3-6,14H,1,13H2,2H3. The second-order valence-corrected chi connectivity index (χ2v) is 3.02. The second kappa shape index (κ2) is 4.09. The fourth-order valence-corrected chi connectivity index (χ4v) is 1.01. The van der Waals surface area contributed by atoms with E-state index in [1.165, 1.54) is 0 Å². The van der Waals surface area contributed by atoms with Crippen LogP contribution in [0.2, 0.25) is 0 Å². The normalized spacial score (nSPS) is 12.2. The molecular formula is C10H12F2N2. The molecule has 0 radical (unpaired) electrons. The highest BCUT2D eigenvalue weighted by molar-refractivity contribution is 5.67. The van der Waals surface area contributed by atoms with E-state index in [9.17, 15) is 8.78 Å². The molecule has 0 heterocycles. The van der Waals surface area contributed by atoms with E-state index < -0.39 is 11.6 Å². The molecule has 1 atom stereocenters. The van der Waals surface area contributed by atoms with E-state index >= 15 is 0 Å². The molecule has 3 N–H and O–H groups in total. The Bertz CT molecular complexity index is 350. The molecule has 1 rings (SSSR count). The average Bonchev–Trinajstić information content (AvgIpc) is 2.13. The van der Waals surface area contributed by atoms with Crippen molar-refractivity contribution in [3.05, 3.63) is 36.4 Å². The van der Waals surface area contributed by atoms with Gasteiger partial charge in [-0.2, -0.15) is 0 Å². The minimum Gasteiger partial charge on any atom is -0.395 e. The second-order valence-electron chi connectivity index (χ2n) is 3.02. The van der Waals surface area contributed by atoms with Crippen molar-refractivity contribution < 1.29 is 8.78 Å². The van der Waals surface area contributed by atoms with Gasteiger partial charge in [-0.05, 0) is 13.0 Å². The van der Waals surface area contributed by atoms with Crippen LogP contribution in [-0.4, -0.2) is 6.04 Å². The van der Waals surface area contributed by atoms with Gasteiger partial charge in [-0.3, -0.25) is 0 Å². The van der Waals surface area contributed by atoms with Crippen LogP contribution in [0.15, 0.2) is 24.8 Å². The fourth-order valence-electron chi connectivity index (χ4n) is 1.01. The minimum absolute atomic E-state index is 0.0832. The first-order valence-electron chi connectivity index (χ1n) is 4.18. The highest BCUT2D eigenvalue weighted by Crippen LogP contribution is 2.23. The molecule has 0 fully saturated rings. The van der Waals surface area contributed by atoms with E-state index in [1.807, 2.05) is 0 Å². The molecule has 0 bridgehead atoms. The molecule has 0 amide bonds. The zero-order valence-electron chi connectivity index (χ0n) is 7.85. The van der Waals surface area contributed by atoms with Gasteiger partial charge in [0.1, 0.15) is 5.82 Å². The first-order valence-corrected chi connectivity index (χ1v) is 4.18. The van der Waals surface area contributed by atoms with Crippen LogP contribution in [0.3, 0.4) is 0 Å². The summed E-state index contributed by atoms with van der Waals surface area (Å²) in [4.78, 5) is 0. The topological polar surface area (TPSA) is 38.0 Å². The largest absolute Gasteiger partial charge is 0.395 e. The summed E-state index contributed by atoms with van der Waals surface area (Å²) >= 11 is 0. The van der Waals surface area contributed by atoms with Crippen LogP contribution in [-0.2, 0) is 0 Å². The van der Waals surface area contributed by atoms with E-state index in [0.29, 0.717) is 0 Å². The Kier molecular flexibility index (Phi) is 3.06. The van der Waals surface area contributed by atoms with E-state index in [4.69, 9.17) is 5.73 Å². The smallest absolute Gasteiger partial charge is 0.151 e. The van der Waals surface area contributed by atoms with Crippen molar-refractivity contribution >= 4 is 11.4 Å². The molecule has 1 aromatic carbocycles. The molecule has 0 aromatic heterocycles. The highest BCUT2D eigenvalue weighted by atomic mass is 19.1. The van der Waals surface area contributed by atoms with Gasteiger partial charge in [0.05, 0.1) is 11.4 Å². The van der Waals surface area contributed by atoms with Gasteiger partial charge >= 0.3 is 0 Å². The van der Waals surface area contributed by atoms with Gasteiger partial charge in [0.25, 0.3) is 0 Å². The summed E-state index contributed by atoms with van der Waals surface area (Å²) in [6.07, 6.45) is 1.61. The summed E-state index contributed by atoms with van der Waals surface area (Å²) in [7, 11) is 0. The Labute approximate surface area is 81.4 Å². The van der Waals surface area contributed by atoms with Crippen molar-refractivity contribution in [2.24, 2.45) is 0 Å². The summed E-state index contributed by atoms with van der Waals surface area (Å²) in [5, 5.41) is 2.82. The third-order valence-electron chi connectivity index (χ3n) is 1.83. The van der Waals surface area contributed by atoms with Crippen molar-refractivity contribution in [3.8, 4) is 0 Å². The number of halogens is 2. The number of hydrogen-bond acceptors (Lipinski definition) is 2. The summed E-state index contributed by atoms with van der Waals surface area (Å²) in [6.45, 7) is 5.34. The van der Waals surface area contributed by atoms with Crippen LogP contribution in [0.25, 0.3) is 0 Å². The molecule has 1 aromatic rings. The summed E-state index contributed by atoms with van der Waals surface area (Å²) < 4.78 is 25.8. The summed E-state index contributed by atoms with van der Waals surface area (Å²) in [6, 6.07) is 1.80. The summed E-state index contributed by atoms with van der Waals surface area (Å²) in [5.41, 5.74) is 5.58. The predicted molar refractivity (Wildman–Crippen MR) is 54.1 cm³/mol. The Morgan fingerprint density at radius 2 is 2.14 bits per heavy atom. The number of benzene rings is 1. The van der Waals surface area contributed by atoms with Gasteiger partial charge in [-0.15, -0.1) is 6.58 Å². The zero-order chi connectivity index (χ0) is 10.7. The predicted octanol–water partition coefficient (Wildman–Crippen LogP) is 2.53. The first kappa shape index (κ1) is 10.5. The molecule has 2 nitrogen and oxygen atoms in total. The van der Waals surface area contributed by atoms with Crippen molar-refractivity contribution in [2.45, 2.75) is 13.0 Å². The lowest BCUT2D eigenvalue weighted by Gasteiger charge is -2.13. The lowest BCUT2D eigenvalue weighted by atomic mass is 10.2. The highest BCUT2D eigenvalue weighted by Gasteiger charge is 2.08. The average molecular weight is 198 g/mol. The zero-order valence-corrected chi connectivity index (χ0v) is 7.85. The van der Waals surface area contributed by atoms with Crippen LogP contribution in [0.1, 0.15) is 6.92 Å². The minimum atomic E-state index is -0.760. The van der Waals surface area contributed by atoms with Gasteiger partial charge in [0.2, 0.25) is 0 Å². The van der Waals surface area contributed by atoms with Crippen LogP contribution < -0.4 is 11.1 Å². The van der Waals surface area contributed by atoms with Gasteiger partial charge in [-0.25, -0.2) is 8.78 Å². The fraction of sp³-hybridized carbons (Fsp3) is 0.200. The Balaban J connectivity index is 3.01. The quantitative estimate of drug-likeness (QED) is 0.578. The third-order valence-corrected chi connectivity index (χ3v) is 1.83. The van der Waals surface area contributed by atoms with Gasteiger partial charge in [0.15, 0.2) is 5.82 Å². The molecular weight excluding hydrogens is 186 g/mol. The maximum absolute atomic E-state index is 13.0. The molecule has 0 saturated carbocycles. The van der Waals surface area contributed by atoms with Gasteiger partial charge in [0, 0.05) is 12.1 Å². The first-order chi connectivity index (χ1) is 6.54. The molecule has 0 aliphatic rings. The molecule has 1 unspecified atom stereocenters. The van der Waals surface area contributed by atoms with E-state index in [1.54, 1.807) is 13.0 Å². The SMILES string of the molecule is C=CC(C)Nc1cc(F)cc(F)c1N. The monoisotopic (exact) mass is 198 g/mol. The van der Waals surface area contributed by atoms with Crippen molar-refractivity contribution in [1.29, 1.82) is 0 Å². The maximum atomic E-state index is 13.0. The van der Waals surface area contributed by atoms with Crippen LogP contribution >= 0.6 is 0 Å². The lowest BCUT2D eigenvalue weighted by molar-refractivity contribution is 0.587. The Morgan fingerprint density at radius 3 is 2.71 bits per heavy atom. The number of nitrogens with one attached hydrogen (secondary N) is 1. The van der Waals surface area contributed by atoms with Gasteiger partial charge < -0.3 is 11.1 Å². The Morgan fingerprint density at radius 1 is 1.50 bits per heavy atom. The number of hydrogen-bond donors (Lipinski definition) is 2. The molecule has 0 saturated heterocycles. The van der Waals surface area contributed by atoms with E-state index in [2.05, 4.69) is 11.9 Å². The Hall–Kier alpha value is -1.58. The van der Waals surface area contributed by atoms with Crippen LogP contribution in [0, 0.1) is 11.6 Å². The molecule has 0 aliphatic heterocycles. The number of nitrogens with two attached hydrogens (primary N) is 1. The molecule has 0 aliphatic carbocycles. The lowest BCUT2D eigenvalue weighted by Crippen LogP contribution is -2.13. The van der Waals surface area contributed by atoms with Crippen LogP contribution in [0.4, 0.5) is 20.2 Å². The van der Waals surface area contributed by atoms with Crippen LogP contribution in [0.5, 0.6) is 0 Å². The van der Waals surface area contributed by atoms with Crippen molar-refractivity contribution in [3.63, 3.8) is 0 Å². The number of rotatable bonds is 3. The van der Waals surface area contributed by atoms with E-state index in [0.717, 1.165) is 12.1 Å². The molecule has 76 valence electrons. The van der Waals surface area contributed by atoms with Gasteiger partial charge in [-0.1, -0.05) is 6.08 Å². The maximum Gasteiger partial charge on any atom is 0.151 e. The third kappa shape index (κ3) is 2.22. The molecule has 14 heavy (non-hydrogen) atoms. The molecule has 4 heteroatoms. The number of nitrogen functional groups attached to an aromatic ring is 1.